The predicted molar refractivity (Wildman–Crippen MR) is 90.2 cm³/mol. The first-order chi connectivity index (χ1) is 10.4. The van der Waals surface area contributed by atoms with E-state index in [4.69, 9.17) is 10.5 Å². The summed E-state index contributed by atoms with van der Waals surface area (Å²) in [5.41, 5.74) is 5.99. The summed E-state index contributed by atoms with van der Waals surface area (Å²) in [6.45, 7) is 4.82. The SMILES string of the molecule is CCOC(=O)c1ccc(S(=O)(=O)N2CC(CN)CC2C)cc1.Cl. The molecule has 130 valence electrons. The first kappa shape index (κ1) is 19.9. The molecule has 0 bridgehead atoms. The first-order valence-electron chi connectivity index (χ1n) is 7.39. The van der Waals surface area contributed by atoms with Crippen LogP contribution in [0.15, 0.2) is 29.2 Å². The molecule has 0 spiro atoms. The predicted octanol–water partition coefficient (Wildman–Crippen LogP) is 1.64. The number of benzene rings is 1. The molecule has 0 aromatic heterocycles. The molecular weight excluding hydrogens is 340 g/mol. The first-order valence-corrected chi connectivity index (χ1v) is 8.83. The molecule has 1 aromatic rings. The van der Waals surface area contributed by atoms with Crippen LogP contribution >= 0.6 is 12.4 Å². The van der Waals surface area contributed by atoms with E-state index in [2.05, 4.69) is 0 Å². The van der Waals surface area contributed by atoms with Gasteiger partial charge >= 0.3 is 5.97 Å². The highest BCUT2D eigenvalue weighted by Gasteiger charge is 2.37. The third-order valence-corrected chi connectivity index (χ3v) is 5.90. The van der Waals surface area contributed by atoms with Gasteiger partial charge in [-0.15, -0.1) is 12.4 Å². The maximum absolute atomic E-state index is 12.7. The maximum atomic E-state index is 12.7. The van der Waals surface area contributed by atoms with Crippen molar-refractivity contribution in [2.75, 3.05) is 19.7 Å². The van der Waals surface area contributed by atoms with E-state index in [1.165, 1.54) is 28.6 Å². The summed E-state index contributed by atoms with van der Waals surface area (Å²) >= 11 is 0. The number of esters is 1. The van der Waals surface area contributed by atoms with Gasteiger partial charge in [-0.2, -0.15) is 4.31 Å². The lowest BCUT2D eigenvalue weighted by Crippen LogP contribution is -2.34. The van der Waals surface area contributed by atoms with Crippen LogP contribution < -0.4 is 5.73 Å². The molecule has 1 saturated heterocycles. The van der Waals surface area contributed by atoms with Crippen LogP contribution in [0.2, 0.25) is 0 Å². The van der Waals surface area contributed by atoms with Crippen molar-refractivity contribution in [2.45, 2.75) is 31.2 Å². The van der Waals surface area contributed by atoms with Gasteiger partial charge in [-0.25, -0.2) is 13.2 Å². The van der Waals surface area contributed by atoms with Crippen LogP contribution in [-0.4, -0.2) is 44.4 Å². The van der Waals surface area contributed by atoms with Gasteiger partial charge in [-0.05, 0) is 57.0 Å². The van der Waals surface area contributed by atoms with Crippen LogP contribution in [-0.2, 0) is 14.8 Å². The van der Waals surface area contributed by atoms with E-state index in [-0.39, 0.29) is 35.9 Å². The van der Waals surface area contributed by atoms with Crippen LogP contribution in [0.25, 0.3) is 0 Å². The zero-order valence-corrected chi connectivity index (χ0v) is 14.9. The molecule has 0 radical (unpaired) electrons. The molecule has 0 amide bonds. The van der Waals surface area contributed by atoms with E-state index in [9.17, 15) is 13.2 Å². The van der Waals surface area contributed by atoms with E-state index >= 15 is 0 Å². The molecule has 23 heavy (non-hydrogen) atoms. The van der Waals surface area contributed by atoms with Gasteiger partial charge in [0.1, 0.15) is 0 Å². The largest absolute Gasteiger partial charge is 0.462 e. The second kappa shape index (κ2) is 8.10. The Morgan fingerprint density at radius 1 is 1.35 bits per heavy atom. The normalized spacial score (nSPS) is 21.7. The molecule has 1 aliphatic rings. The average molecular weight is 363 g/mol. The minimum Gasteiger partial charge on any atom is -0.462 e. The number of carbonyl (C=O) groups excluding carboxylic acids is 1. The fourth-order valence-corrected chi connectivity index (χ4v) is 4.45. The smallest absolute Gasteiger partial charge is 0.338 e. The quantitative estimate of drug-likeness (QED) is 0.804. The summed E-state index contributed by atoms with van der Waals surface area (Å²) in [4.78, 5) is 11.8. The number of carbonyl (C=O) groups is 1. The molecule has 1 aromatic carbocycles. The van der Waals surface area contributed by atoms with Gasteiger partial charge in [0.2, 0.25) is 10.0 Å². The molecule has 8 heteroatoms. The number of hydrogen-bond acceptors (Lipinski definition) is 5. The van der Waals surface area contributed by atoms with Crippen molar-refractivity contribution in [3.63, 3.8) is 0 Å². The summed E-state index contributed by atoms with van der Waals surface area (Å²) in [5, 5.41) is 0. The van der Waals surface area contributed by atoms with E-state index in [0.717, 1.165) is 6.42 Å². The lowest BCUT2D eigenvalue weighted by atomic mass is 10.1. The van der Waals surface area contributed by atoms with Gasteiger partial charge in [-0.3, -0.25) is 0 Å². The molecule has 2 unspecified atom stereocenters. The van der Waals surface area contributed by atoms with Gasteiger partial charge in [0.25, 0.3) is 0 Å². The lowest BCUT2D eigenvalue weighted by Gasteiger charge is -2.21. The number of ether oxygens (including phenoxy) is 1. The van der Waals surface area contributed by atoms with Crippen molar-refractivity contribution < 1.29 is 17.9 Å². The van der Waals surface area contributed by atoms with Crippen molar-refractivity contribution in [1.82, 2.24) is 4.31 Å². The van der Waals surface area contributed by atoms with Crippen molar-refractivity contribution in [1.29, 1.82) is 0 Å². The molecule has 2 atom stereocenters. The van der Waals surface area contributed by atoms with Gasteiger partial charge in [-0.1, -0.05) is 0 Å². The van der Waals surface area contributed by atoms with Crippen LogP contribution in [0, 0.1) is 5.92 Å². The molecule has 1 heterocycles. The van der Waals surface area contributed by atoms with Gasteiger partial charge < -0.3 is 10.5 Å². The van der Waals surface area contributed by atoms with Crippen LogP contribution in [0.5, 0.6) is 0 Å². The van der Waals surface area contributed by atoms with Crippen molar-refractivity contribution in [3.05, 3.63) is 29.8 Å². The average Bonchev–Trinajstić information content (AvgIpc) is 2.89. The summed E-state index contributed by atoms with van der Waals surface area (Å²) in [5.74, 6) is -0.257. The van der Waals surface area contributed by atoms with E-state index < -0.39 is 16.0 Å². The summed E-state index contributed by atoms with van der Waals surface area (Å²) in [6, 6.07) is 5.79. The fraction of sp³-hybridized carbons (Fsp3) is 0.533. The highest BCUT2D eigenvalue weighted by Crippen LogP contribution is 2.29. The van der Waals surface area contributed by atoms with E-state index in [1.54, 1.807) is 6.92 Å². The van der Waals surface area contributed by atoms with Crippen LogP contribution in [0.1, 0.15) is 30.6 Å². The molecule has 2 N–H and O–H groups in total. The molecule has 1 aliphatic heterocycles. The third-order valence-electron chi connectivity index (χ3n) is 3.91. The standard InChI is InChI=1S/C15H22N2O4S.ClH/c1-3-21-15(18)13-4-6-14(7-5-13)22(19,20)17-10-12(9-16)8-11(17)2;/h4-7,11-12H,3,8-10,16H2,1-2H3;1H. The number of rotatable bonds is 5. The highest BCUT2D eigenvalue weighted by molar-refractivity contribution is 7.89. The Morgan fingerprint density at radius 3 is 2.43 bits per heavy atom. The van der Waals surface area contributed by atoms with Crippen molar-refractivity contribution >= 4 is 28.4 Å². The Labute approximate surface area is 143 Å². The van der Waals surface area contributed by atoms with Crippen molar-refractivity contribution in [3.8, 4) is 0 Å². The fourth-order valence-electron chi connectivity index (χ4n) is 2.73. The van der Waals surface area contributed by atoms with Gasteiger partial charge in [0.05, 0.1) is 17.1 Å². The Kier molecular flexibility index (Phi) is 7.01. The zero-order valence-electron chi connectivity index (χ0n) is 13.3. The van der Waals surface area contributed by atoms with Gasteiger partial charge in [0.15, 0.2) is 0 Å². The summed E-state index contributed by atoms with van der Waals surface area (Å²) in [6.07, 6.45) is 0.774. The van der Waals surface area contributed by atoms with Gasteiger partial charge in [0, 0.05) is 12.6 Å². The number of nitrogens with zero attached hydrogens (tertiary/aromatic N) is 1. The number of nitrogens with two attached hydrogens (primary N) is 1. The molecule has 2 rings (SSSR count). The Morgan fingerprint density at radius 2 is 1.96 bits per heavy atom. The third kappa shape index (κ3) is 4.23. The molecule has 6 nitrogen and oxygen atoms in total. The molecular formula is C15H23ClN2O4S. The van der Waals surface area contributed by atoms with E-state index in [0.29, 0.717) is 18.7 Å². The lowest BCUT2D eigenvalue weighted by molar-refractivity contribution is 0.0526. The Balaban J connectivity index is 0.00000264. The second-order valence-corrected chi connectivity index (χ2v) is 7.40. The number of halogens is 1. The van der Waals surface area contributed by atoms with Crippen molar-refractivity contribution in [2.24, 2.45) is 11.7 Å². The number of hydrogen-bond donors (Lipinski definition) is 1. The van der Waals surface area contributed by atoms with E-state index in [1.807, 2.05) is 6.92 Å². The van der Waals surface area contributed by atoms with Crippen LogP contribution in [0.4, 0.5) is 0 Å². The summed E-state index contributed by atoms with van der Waals surface area (Å²) < 4.78 is 31.7. The summed E-state index contributed by atoms with van der Waals surface area (Å²) in [7, 11) is -3.56. The maximum Gasteiger partial charge on any atom is 0.338 e. The second-order valence-electron chi connectivity index (χ2n) is 5.51. The Bertz CT molecular complexity index is 633. The molecule has 0 saturated carbocycles. The minimum atomic E-state index is -3.56. The van der Waals surface area contributed by atoms with Crippen LogP contribution in [0.3, 0.4) is 0 Å². The minimum absolute atomic E-state index is 0. The Hall–Kier alpha value is -1.15. The number of sulfonamides is 1. The zero-order chi connectivity index (χ0) is 16.3. The monoisotopic (exact) mass is 362 g/mol. The topological polar surface area (TPSA) is 89.7 Å². The molecule has 1 fully saturated rings. The highest BCUT2D eigenvalue weighted by atomic mass is 35.5. The molecule has 0 aliphatic carbocycles.